The van der Waals surface area contributed by atoms with Gasteiger partial charge < -0.3 is 24.3 Å². The van der Waals surface area contributed by atoms with Crippen LogP contribution in [0.15, 0.2) is 140 Å². The van der Waals surface area contributed by atoms with Gasteiger partial charge >= 0.3 is 0 Å². The number of benzene rings is 6. The SMILES string of the molecule is OCCOc1ccc(C2(c3ccc(OCCO)cc3)c3ccccc3-c3ccc(-n4c5ccccc5c5ccccc54)cc32)cc1. The summed E-state index contributed by atoms with van der Waals surface area (Å²) in [6.45, 7) is 0.409. The topological polar surface area (TPSA) is 63.9 Å². The van der Waals surface area contributed by atoms with Gasteiger partial charge in [-0.2, -0.15) is 0 Å². The smallest absolute Gasteiger partial charge is 0.119 e. The summed E-state index contributed by atoms with van der Waals surface area (Å²) in [7, 11) is 0. The number of aromatic nitrogens is 1. The minimum Gasteiger partial charge on any atom is -0.491 e. The van der Waals surface area contributed by atoms with E-state index in [0.29, 0.717) is 11.5 Å². The molecule has 2 N–H and O–H groups in total. The number of nitrogens with zero attached hydrogens (tertiary/aromatic N) is 1. The highest BCUT2D eigenvalue weighted by Gasteiger charge is 2.46. The summed E-state index contributed by atoms with van der Waals surface area (Å²) in [4.78, 5) is 0. The Hall–Kier alpha value is -5.36. The van der Waals surface area contributed by atoms with E-state index in [9.17, 15) is 10.2 Å². The first-order chi connectivity index (χ1) is 22.7. The predicted molar refractivity (Wildman–Crippen MR) is 183 cm³/mol. The molecule has 1 aliphatic rings. The summed E-state index contributed by atoms with van der Waals surface area (Å²) in [6, 6.07) is 49.3. The fourth-order valence-corrected chi connectivity index (χ4v) is 7.33. The van der Waals surface area contributed by atoms with Gasteiger partial charge in [-0.15, -0.1) is 0 Å². The molecule has 0 spiro atoms. The van der Waals surface area contributed by atoms with E-state index in [4.69, 9.17) is 9.47 Å². The Balaban J connectivity index is 1.41. The number of ether oxygens (including phenoxy) is 2. The summed E-state index contributed by atoms with van der Waals surface area (Å²) < 4.78 is 13.9. The summed E-state index contributed by atoms with van der Waals surface area (Å²) in [5.41, 5.74) is 9.82. The Morgan fingerprint density at radius 1 is 0.500 bits per heavy atom. The van der Waals surface area contributed by atoms with Gasteiger partial charge in [0.15, 0.2) is 0 Å². The molecule has 7 aromatic rings. The maximum atomic E-state index is 9.32. The van der Waals surface area contributed by atoms with E-state index in [1.54, 1.807) is 0 Å². The lowest BCUT2D eigenvalue weighted by molar-refractivity contribution is 0.201. The molecule has 0 fully saturated rings. The number of aliphatic hydroxyl groups is 2. The van der Waals surface area contributed by atoms with E-state index in [1.165, 1.54) is 44.1 Å². The van der Waals surface area contributed by atoms with Gasteiger partial charge in [0, 0.05) is 16.5 Å². The molecule has 8 rings (SSSR count). The van der Waals surface area contributed by atoms with Gasteiger partial charge in [-0.1, -0.05) is 91.0 Å². The molecule has 226 valence electrons. The standard InChI is InChI=1S/C41H33NO4/c43-23-25-45-31-18-13-28(14-19-31)41(29-15-20-32(21-16-29)46-26-24-44)37-10-4-1-7-33(37)34-22-17-30(27-38(34)41)42-39-11-5-2-8-35(39)36-9-3-6-12-40(36)42/h1-22,27,43-44H,23-26H2. The van der Waals surface area contributed by atoms with Crippen molar-refractivity contribution in [3.63, 3.8) is 0 Å². The van der Waals surface area contributed by atoms with Crippen molar-refractivity contribution in [2.45, 2.75) is 5.41 Å². The van der Waals surface area contributed by atoms with Crippen molar-refractivity contribution in [1.82, 2.24) is 4.57 Å². The first-order valence-electron chi connectivity index (χ1n) is 15.7. The summed E-state index contributed by atoms with van der Waals surface area (Å²) in [5.74, 6) is 1.43. The fraction of sp³-hybridized carbons (Fsp3) is 0.122. The van der Waals surface area contributed by atoms with Crippen LogP contribution in [0.3, 0.4) is 0 Å². The van der Waals surface area contributed by atoms with Crippen molar-refractivity contribution in [2.75, 3.05) is 26.4 Å². The lowest BCUT2D eigenvalue weighted by atomic mass is 9.67. The molecule has 1 heterocycles. The van der Waals surface area contributed by atoms with Crippen LogP contribution < -0.4 is 9.47 Å². The second-order valence-corrected chi connectivity index (χ2v) is 11.6. The van der Waals surface area contributed by atoms with Crippen LogP contribution in [0, 0.1) is 0 Å². The lowest BCUT2D eigenvalue weighted by Gasteiger charge is -2.34. The van der Waals surface area contributed by atoms with Gasteiger partial charge in [0.05, 0.1) is 29.7 Å². The minimum absolute atomic E-state index is 0.0390. The van der Waals surface area contributed by atoms with Crippen molar-refractivity contribution < 1.29 is 19.7 Å². The Bertz CT molecular complexity index is 2080. The second kappa shape index (κ2) is 11.5. The normalized spacial score (nSPS) is 13.1. The third-order valence-corrected chi connectivity index (χ3v) is 9.16. The van der Waals surface area contributed by atoms with E-state index in [2.05, 4.69) is 120 Å². The maximum absolute atomic E-state index is 9.32. The molecule has 1 aliphatic carbocycles. The average molecular weight is 604 g/mol. The van der Waals surface area contributed by atoms with Gasteiger partial charge in [0.25, 0.3) is 0 Å². The molecule has 0 aliphatic heterocycles. The number of rotatable bonds is 9. The van der Waals surface area contributed by atoms with Gasteiger partial charge in [-0.3, -0.25) is 0 Å². The number of fused-ring (bicyclic) bond motifs is 6. The van der Waals surface area contributed by atoms with Crippen molar-refractivity contribution in [3.8, 4) is 28.3 Å². The summed E-state index contributed by atoms with van der Waals surface area (Å²) in [5, 5.41) is 21.1. The van der Waals surface area contributed by atoms with Gasteiger partial charge in [0.1, 0.15) is 24.7 Å². The van der Waals surface area contributed by atoms with Gasteiger partial charge in [0.2, 0.25) is 0 Å². The first-order valence-corrected chi connectivity index (χ1v) is 15.7. The molecule has 0 saturated carbocycles. The van der Waals surface area contributed by atoms with E-state index in [1.807, 2.05) is 24.3 Å². The average Bonchev–Trinajstić information content (AvgIpc) is 3.61. The highest BCUT2D eigenvalue weighted by atomic mass is 16.5. The number of aliphatic hydroxyl groups excluding tert-OH is 2. The zero-order valence-electron chi connectivity index (χ0n) is 25.3. The molecule has 0 atom stereocenters. The van der Waals surface area contributed by atoms with Gasteiger partial charge in [-0.05, 0) is 81.9 Å². The van der Waals surface area contributed by atoms with E-state index in [0.717, 1.165) is 16.8 Å². The molecule has 0 unspecified atom stereocenters. The highest BCUT2D eigenvalue weighted by Crippen LogP contribution is 2.57. The van der Waals surface area contributed by atoms with Crippen LogP contribution in [0.4, 0.5) is 0 Å². The van der Waals surface area contributed by atoms with Crippen molar-refractivity contribution in [2.24, 2.45) is 0 Å². The fourth-order valence-electron chi connectivity index (χ4n) is 7.33. The number of para-hydroxylation sites is 2. The number of hydrogen-bond acceptors (Lipinski definition) is 4. The van der Waals surface area contributed by atoms with Crippen molar-refractivity contribution >= 4 is 21.8 Å². The first kappa shape index (κ1) is 28.1. The van der Waals surface area contributed by atoms with Gasteiger partial charge in [-0.25, -0.2) is 0 Å². The summed E-state index contributed by atoms with van der Waals surface area (Å²) in [6.07, 6.45) is 0. The maximum Gasteiger partial charge on any atom is 0.119 e. The summed E-state index contributed by atoms with van der Waals surface area (Å²) >= 11 is 0. The zero-order valence-corrected chi connectivity index (χ0v) is 25.3. The van der Waals surface area contributed by atoms with E-state index in [-0.39, 0.29) is 26.4 Å². The van der Waals surface area contributed by atoms with Crippen LogP contribution in [0.25, 0.3) is 38.6 Å². The predicted octanol–water partition coefficient (Wildman–Crippen LogP) is 7.89. The molecule has 0 saturated heterocycles. The van der Waals surface area contributed by atoms with Crippen molar-refractivity contribution in [1.29, 1.82) is 0 Å². The molecule has 0 amide bonds. The zero-order chi connectivity index (χ0) is 31.1. The Labute approximate surface area is 267 Å². The lowest BCUT2D eigenvalue weighted by Crippen LogP contribution is -2.28. The molecular weight excluding hydrogens is 570 g/mol. The van der Waals surface area contributed by atoms with Crippen LogP contribution in [0.1, 0.15) is 22.3 Å². The Morgan fingerprint density at radius 3 is 1.57 bits per heavy atom. The monoisotopic (exact) mass is 603 g/mol. The Morgan fingerprint density at radius 2 is 1.00 bits per heavy atom. The molecule has 46 heavy (non-hydrogen) atoms. The number of hydrogen-bond donors (Lipinski definition) is 2. The third-order valence-electron chi connectivity index (χ3n) is 9.16. The van der Waals surface area contributed by atoms with Crippen molar-refractivity contribution in [3.05, 3.63) is 162 Å². The quantitative estimate of drug-likeness (QED) is 0.176. The van der Waals surface area contributed by atoms with Crippen LogP contribution in [-0.2, 0) is 5.41 Å². The largest absolute Gasteiger partial charge is 0.491 e. The van der Waals surface area contributed by atoms with Crippen LogP contribution in [0.5, 0.6) is 11.5 Å². The molecular formula is C41H33NO4. The molecule has 0 radical (unpaired) electrons. The molecule has 5 heteroatoms. The molecule has 0 bridgehead atoms. The van der Waals surface area contributed by atoms with E-state index >= 15 is 0 Å². The molecule has 5 nitrogen and oxygen atoms in total. The molecule has 1 aromatic heterocycles. The van der Waals surface area contributed by atoms with Crippen LogP contribution >= 0.6 is 0 Å². The van der Waals surface area contributed by atoms with E-state index < -0.39 is 5.41 Å². The minimum atomic E-state index is -0.633. The molecule has 6 aromatic carbocycles. The van der Waals surface area contributed by atoms with Crippen LogP contribution in [0.2, 0.25) is 0 Å². The highest BCUT2D eigenvalue weighted by molar-refractivity contribution is 6.09. The van der Waals surface area contributed by atoms with Crippen LogP contribution in [-0.4, -0.2) is 41.2 Å². The third kappa shape index (κ3) is 4.31. The second-order valence-electron chi connectivity index (χ2n) is 11.6. The Kier molecular flexibility index (Phi) is 7.05.